The van der Waals surface area contributed by atoms with E-state index in [-0.39, 0.29) is 17.0 Å². The van der Waals surface area contributed by atoms with E-state index < -0.39 is 0 Å². The van der Waals surface area contributed by atoms with Gasteiger partial charge in [-0.05, 0) is 37.5 Å². The lowest BCUT2D eigenvalue weighted by Gasteiger charge is -2.16. The molecule has 1 aliphatic rings. The van der Waals surface area contributed by atoms with E-state index in [1.54, 1.807) is 21.5 Å². The van der Waals surface area contributed by atoms with Gasteiger partial charge in [-0.3, -0.25) is 9.48 Å². The van der Waals surface area contributed by atoms with Gasteiger partial charge in [0.25, 0.3) is 5.56 Å². The summed E-state index contributed by atoms with van der Waals surface area (Å²) in [6.07, 6.45) is 1.89. The van der Waals surface area contributed by atoms with Crippen LogP contribution in [0.5, 0.6) is 5.88 Å². The second-order valence-corrected chi connectivity index (χ2v) is 5.88. The van der Waals surface area contributed by atoms with Crippen LogP contribution in [0.3, 0.4) is 0 Å². The molecule has 0 spiro atoms. The lowest BCUT2D eigenvalue weighted by atomic mass is 10.0. The topological polar surface area (TPSA) is 47.2 Å². The standard InChI is InChI=1S/C14H14Cl2N2O2.C2H6/c1-8-6-9(15)7-10(16)11(8)12-13(19)17-4-2-3-5-18(17)14(12)20;1-2/h6-7,19H,2-5H2,1H3;1-2H3. The zero-order valence-corrected chi connectivity index (χ0v) is 14.5. The van der Waals surface area contributed by atoms with Gasteiger partial charge in [-0.1, -0.05) is 37.0 Å². The van der Waals surface area contributed by atoms with Gasteiger partial charge in [0.05, 0.1) is 5.02 Å². The van der Waals surface area contributed by atoms with Crippen molar-refractivity contribution in [3.05, 3.63) is 38.1 Å². The number of aromatic nitrogens is 2. The third-order valence-electron chi connectivity index (χ3n) is 3.70. The Morgan fingerprint density at radius 1 is 1.05 bits per heavy atom. The van der Waals surface area contributed by atoms with Crippen LogP contribution in [0.2, 0.25) is 10.0 Å². The van der Waals surface area contributed by atoms with Crippen molar-refractivity contribution in [2.75, 3.05) is 0 Å². The second kappa shape index (κ2) is 6.80. The molecule has 2 aromatic rings. The maximum atomic E-state index is 12.5. The molecule has 0 radical (unpaired) electrons. The Hall–Kier alpha value is -1.39. The number of halogens is 2. The number of hydrogen-bond donors (Lipinski definition) is 1. The molecule has 0 unspecified atom stereocenters. The van der Waals surface area contributed by atoms with Crippen molar-refractivity contribution in [3.8, 4) is 17.0 Å². The van der Waals surface area contributed by atoms with Gasteiger partial charge < -0.3 is 5.11 Å². The third-order valence-corrected chi connectivity index (χ3v) is 4.22. The second-order valence-electron chi connectivity index (χ2n) is 5.04. The van der Waals surface area contributed by atoms with Gasteiger partial charge in [0.2, 0.25) is 5.88 Å². The van der Waals surface area contributed by atoms with Gasteiger partial charge in [0.1, 0.15) is 5.56 Å². The van der Waals surface area contributed by atoms with E-state index in [0.29, 0.717) is 28.7 Å². The third kappa shape index (κ3) is 2.77. The zero-order chi connectivity index (χ0) is 16.4. The van der Waals surface area contributed by atoms with Crippen LogP contribution in [0, 0.1) is 6.92 Å². The fraction of sp³-hybridized carbons (Fsp3) is 0.438. The minimum Gasteiger partial charge on any atom is -0.493 e. The highest BCUT2D eigenvalue weighted by Gasteiger charge is 2.25. The van der Waals surface area contributed by atoms with Crippen LogP contribution in [0.15, 0.2) is 16.9 Å². The number of aromatic hydroxyl groups is 1. The Morgan fingerprint density at radius 3 is 2.18 bits per heavy atom. The van der Waals surface area contributed by atoms with Gasteiger partial charge in [0, 0.05) is 23.7 Å². The summed E-state index contributed by atoms with van der Waals surface area (Å²) >= 11 is 12.2. The molecular weight excluding hydrogens is 323 g/mol. The van der Waals surface area contributed by atoms with Crippen molar-refractivity contribution >= 4 is 23.2 Å². The molecule has 0 bridgehead atoms. The summed E-state index contributed by atoms with van der Waals surface area (Å²) < 4.78 is 3.21. The molecule has 6 heteroatoms. The normalized spacial score (nSPS) is 13.3. The van der Waals surface area contributed by atoms with Crippen molar-refractivity contribution in [1.29, 1.82) is 0 Å². The Bertz CT molecular complexity index is 724. The number of benzene rings is 1. The van der Waals surface area contributed by atoms with Crippen LogP contribution in [-0.2, 0) is 13.1 Å². The van der Waals surface area contributed by atoms with Crippen LogP contribution in [-0.4, -0.2) is 14.5 Å². The van der Waals surface area contributed by atoms with E-state index in [0.717, 1.165) is 18.4 Å². The summed E-state index contributed by atoms with van der Waals surface area (Å²) in [6.45, 7) is 7.09. The predicted molar refractivity (Wildman–Crippen MR) is 91.1 cm³/mol. The molecule has 0 aliphatic carbocycles. The zero-order valence-electron chi connectivity index (χ0n) is 13.0. The highest BCUT2D eigenvalue weighted by Crippen LogP contribution is 2.37. The minimum absolute atomic E-state index is 0.0120. The van der Waals surface area contributed by atoms with E-state index in [1.807, 2.05) is 20.8 Å². The summed E-state index contributed by atoms with van der Waals surface area (Å²) in [5.74, 6) is -0.0120. The van der Waals surface area contributed by atoms with Crippen molar-refractivity contribution in [3.63, 3.8) is 0 Å². The summed E-state index contributed by atoms with van der Waals surface area (Å²) in [5.41, 5.74) is 1.41. The molecule has 0 atom stereocenters. The van der Waals surface area contributed by atoms with Crippen LogP contribution in [0.25, 0.3) is 11.1 Å². The average Bonchev–Trinajstić information content (AvgIpc) is 2.74. The fourth-order valence-corrected chi connectivity index (χ4v) is 3.48. The molecule has 0 saturated carbocycles. The molecule has 120 valence electrons. The maximum Gasteiger partial charge on any atom is 0.278 e. The average molecular weight is 343 g/mol. The van der Waals surface area contributed by atoms with Gasteiger partial charge in [-0.15, -0.1) is 0 Å². The van der Waals surface area contributed by atoms with E-state index in [2.05, 4.69) is 0 Å². The van der Waals surface area contributed by atoms with E-state index in [4.69, 9.17) is 23.2 Å². The number of rotatable bonds is 1. The lowest BCUT2D eigenvalue weighted by molar-refractivity contribution is 0.305. The van der Waals surface area contributed by atoms with Crippen LogP contribution in [0.1, 0.15) is 32.3 Å². The van der Waals surface area contributed by atoms with Crippen molar-refractivity contribution in [2.24, 2.45) is 0 Å². The Labute approximate surface area is 139 Å². The minimum atomic E-state index is -0.200. The Morgan fingerprint density at radius 2 is 1.64 bits per heavy atom. The lowest BCUT2D eigenvalue weighted by Crippen LogP contribution is -2.27. The summed E-state index contributed by atoms with van der Waals surface area (Å²) in [4.78, 5) is 12.5. The molecule has 1 aromatic carbocycles. The van der Waals surface area contributed by atoms with Gasteiger partial charge in [0.15, 0.2) is 0 Å². The van der Waals surface area contributed by atoms with Crippen LogP contribution >= 0.6 is 23.2 Å². The summed E-state index contributed by atoms with van der Waals surface area (Å²) in [5, 5.41) is 11.3. The predicted octanol–water partition coefficient (Wildman–Crippen LogP) is 4.46. The van der Waals surface area contributed by atoms with Gasteiger partial charge >= 0.3 is 0 Å². The van der Waals surface area contributed by atoms with Crippen LogP contribution in [0.4, 0.5) is 0 Å². The van der Waals surface area contributed by atoms with E-state index >= 15 is 0 Å². The summed E-state index contributed by atoms with van der Waals surface area (Å²) in [7, 11) is 0. The number of hydrogen-bond acceptors (Lipinski definition) is 2. The monoisotopic (exact) mass is 342 g/mol. The first-order valence-corrected chi connectivity index (χ1v) is 8.25. The van der Waals surface area contributed by atoms with Gasteiger partial charge in [-0.2, -0.15) is 0 Å². The number of aryl methyl sites for hydroxylation is 1. The smallest absolute Gasteiger partial charge is 0.278 e. The van der Waals surface area contributed by atoms with E-state index in [9.17, 15) is 9.90 Å². The molecule has 0 amide bonds. The van der Waals surface area contributed by atoms with Crippen molar-refractivity contribution < 1.29 is 5.11 Å². The van der Waals surface area contributed by atoms with Gasteiger partial charge in [-0.25, -0.2) is 4.68 Å². The Kier molecular flexibility index (Phi) is 5.24. The van der Waals surface area contributed by atoms with Crippen molar-refractivity contribution in [1.82, 2.24) is 9.36 Å². The highest BCUT2D eigenvalue weighted by molar-refractivity contribution is 6.36. The number of fused-ring (bicyclic) bond motifs is 1. The van der Waals surface area contributed by atoms with E-state index in [1.165, 1.54) is 0 Å². The number of nitrogens with zero attached hydrogens (tertiary/aromatic N) is 2. The SMILES string of the molecule is CC.Cc1cc(Cl)cc(Cl)c1-c1c(O)n2n(c1=O)CCCC2. The molecule has 3 rings (SSSR count). The molecule has 1 N–H and O–H groups in total. The molecule has 2 heterocycles. The first-order chi connectivity index (χ1) is 10.5. The highest BCUT2D eigenvalue weighted by atomic mass is 35.5. The first-order valence-electron chi connectivity index (χ1n) is 7.49. The molecule has 4 nitrogen and oxygen atoms in total. The molecule has 1 aromatic heterocycles. The van der Waals surface area contributed by atoms with Crippen molar-refractivity contribution in [2.45, 2.75) is 46.7 Å². The molecule has 0 fully saturated rings. The first kappa shape index (κ1) is 17.0. The largest absolute Gasteiger partial charge is 0.493 e. The molecule has 22 heavy (non-hydrogen) atoms. The molecule has 0 saturated heterocycles. The fourth-order valence-electron chi connectivity index (χ4n) is 2.79. The quantitative estimate of drug-likeness (QED) is 0.831. The molecular formula is C16H20Cl2N2O2. The van der Waals surface area contributed by atoms with Crippen LogP contribution < -0.4 is 5.56 Å². The molecule has 1 aliphatic heterocycles. The summed E-state index contributed by atoms with van der Waals surface area (Å²) in [6, 6.07) is 3.33. The maximum absolute atomic E-state index is 12.5. The Balaban J connectivity index is 0.000000847.